The van der Waals surface area contributed by atoms with Gasteiger partial charge < -0.3 is 20.8 Å². The summed E-state index contributed by atoms with van der Waals surface area (Å²) in [6, 6.07) is 11.7. The SMILES string of the molecule is COc1ccc(C2(CNC(=O)[C](Cc3c[nH]c4ccccc34)C(N)=O)CCCCC2)nc1. The van der Waals surface area contributed by atoms with Gasteiger partial charge in [0.1, 0.15) is 5.75 Å². The van der Waals surface area contributed by atoms with E-state index in [4.69, 9.17) is 10.5 Å². The molecule has 2 heterocycles. The van der Waals surface area contributed by atoms with Crippen LogP contribution in [0.1, 0.15) is 43.4 Å². The highest BCUT2D eigenvalue weighted by Crippen LogP contribution is 2.38. The van der Waals surface area contributed by atoms with Crippen molar-refractivity contribution in [2.45, 2.75) is 43.9 Å². The van der Waals surface area contributed by atoms with Crippen LogP contribution in [-0.2, 0) is 21.4 Å². The number of carbonyl (C=O) groups excluding carboxylic acids is 2. The molecule has 0 unspecified atom stereocenters. The lowest BCUT2D eigenvalue weighted by Gasteiger charge is -2.37. The Hall–Kier alpha value is -3.35. The fourth-order valence-electron chi connectivity index (χ4n) is 4.67. The Labute approximate surface area is 187 Å². The number of ether oxygens (including phenoxy) is 1. The third kappa shape index (κ3) is 4.47. The highest BCUT2D eigenvalue weighted by Gasteiger charge is 2.37. The van der Waals surface area contributed by atoms with Gasteiger partial charge in [0, 0.05) is 34.8 Å². The predicted octanol–water partition coefficient (Wildman–Crippen LogP) is 3.19. The smallest absolute Gasteiger partial charge is 0.237 e. The first-order valence-electron chi connectivity index (χ1n) is 11.0. The molecule has 1 saturated carbocycles. The number of primary amides is 1. The lowest BCUT2D eigenvalue weighted by atomic mass is 9.71. The van der Waals surface area contributed by atoms with Crippen molar-refractivity contribution in [2.24, 2.45) is 5.73 Å². The summed E-state index contributed by atoms with van der Waals surface area (Å²) in [5.41, 5.74) is 8.12. The van der Waals surface area contributed by atoms with Gasteiger partial charge in [-0.25, -0.2) is 0 Å². The summed E-state index contributed by atoms with van der Waals surface area (Å²) in [4.78, 5) is 33.0. The van der Waals surface area contributed by atoms with E-state index in [0.717, 1.165) is 47.8 Å². The zero-order valence-electron chi connectivity index (χ0n) is 18.3. The van der Waals surface area contributed by atoms with Crippen LogP contribution in [0.3, 0.4) is 0 Å². The number of amides is 2. The molecule has 3 aromatic rings. The number of H-pyrrole nitrogens is 1. The Bertz CT molecular complexity index is 1080. The lowest BCUT2D eigenvalue weighted by molar-refractivity contribution is -0.125. The number of benzene rings is 1. The van der Waals surface area contributed by atoms with Crippen molar-refractivity contribution in [3.8, 4) is 5.75 Å². The fourth-order valence-corrected chi connectivity index (χ4v) is 4.67. The van der Waals surface area contributed by atoms with E-state index in [9.17, 15) is 9.59 Å². The normalized spacial score (nSPS) is 15.6. The molecule has 167 valence electrons. The van der Waals surface area contributed by atoms with Gasteiger partial charge in [0.15, 0.2) is 5.92 Å². The zero-order chi connectivity index (χ0) is 22.6. The summed E-state index contributed by atoms with van der Waals surface area (Å²) < 4.78 is 5.24. The lowest BCUT2D eigenvalue weighted by Crippen LogP contribution is -2.46. The summed E-state index contributed by atoms with van der Waals surface area (Å²) in [5, 5.41) is 3.98. The van der Waals surface area contributed by atoms with Gasteiger partial charge in [-0.15, -0.1) is 0 Å². The molecule has 4 rings (SSSR count). The van der Waals surface area contributed by atoms with E-state index < -0.39 is 11.8 Å². The maximum absolute atomic E-state index is 13.1. The molecule has 7 heteroatoms. The van der Waals surface area contributed by atoms with Gasteiger partial charge in [-0.1, -0.05) is 37.5 Å². The minimum Gasteiger partial charge on any atom is -0.495 e. The molecule has 0 atom stereocenters. The van der Waals surface area contributed by atoms with Crippen LogP contribution in [0.15, 0.2) is 48.8 Å². The van der Waals surface area contributed by atoms with Gasteiger partial charge in [-0.3, -0.25) is 14.6 Å². The highest BCUT2D eigenvalue weighted by atomic mass is 16.5. The number of nitrogens with one attached hydrogen (secondary N) is 2. The molecule has 2 aromatic heterocycles. The largest absolute Gasteiger partial charge is 0.495 e. The Kier molecular flexibility index (Phi) is 6.44. The molecular formula is C25H29N4O3. The second-order valence-electron chi connectivity index (χ2n) is 8.49. The van der Waals surface area contributed by atoms with E-state index in [1.165, 1.54) is 6.42 Å². The van der Waals surface area contributed by atoms with Crippen LogP contribution < -0.4 is 15.8 Å². The van der Waals surface area contributed by atoms with Gasteiger partial charge in [-0.05, 0) is 43.0 Å². The molecule has 1 aliphatic carbocycles. The maximum Gasteiger partial charge on any atom is 0.237 e. The van der Waals surface area contributed by atoms with Gasteiger partial charge in [0.25, 0.3) is 0 Å². The van der Waals surface area contributed by atoms with Crippen molar-refractivity contribution in [1.29, 1.82) is 0 Å². The average molecular weight is 434 g/mol. The Morgan fingerprint density at radius 2 is 1.94 bits per heavy atom. The number of pyridine rings is 1. The van der Waals surface area contributed by atoms with Crippen molar-refractivity contribution < 1.29 is 14.3 Å². The van der Waals surface area contributed by atoms with Gasteiger partial charge >= 0.3 is 0 Å². The van der Waals surface area contributed by atoms with E-state index in [0.29, 0.717) is 12.3 Å². The Morgan fingerprint density at radius 1 is 1.16 bits per heavy atom. The predicted molar refractivity (Wildman–Crippen MR) is 123 cm³/mol. The molecule has 1 fully saturated rings. The van der Waals surface area contributed by atoms with Crippen molar-refractivity contribution in [3.05, 3.63) is 66.0 Å². The first-order valence-corrected chi connectivity index (χ1v) is 11.0. The molecule has 2 amide bonds. The van der Waals surface area contributed by atoms with Crippen LogP contribution in [0, 0.1) is 5.92 Å². The molecule has 0 spiro atoms. The first kappa shape index (κ1) is 21.9. The number of aromatic nitrogens is 2. The van der Waals surface area contributed by atoms with Gasteiger partial charge in [0.2, 0.25) is 11.8 Å². The molecule has 4 N–H and O–H groups in total. The molecule has 1 aliphatic rings. The van der Waals surface area contributed by atoms with Crippen LogP contribution >= 0.6 is 0 Å². The zero-order valence-corrected chi connectivity index (χ0v) is 18.3. The summed E-state index contributed by atoms with van der Waals surface area (Å²) in [5.74, 6) is -0.357. The minimum absolute atomic E-state index is 0.0587. The van der Waals surface area contributed by atoms with Crippen LogP contribution in [0.5, 0.6) is 5.75 Å². The minimum atomic E-state index is -0.701. The quantitative estimate of drug-likeness (QED) is 0.474. The van der Waals surface area contributed by atoms with Crippen LogP contribution in [-0.4, -0.2) is 35.4 Å². The van der Waals surface area contributed by atoms with Crippen LogP contribution in [0.4, 0.5) is 0 Å². The fraction of sp³-hybridized carbons (Fsp3) is 0.360. The molecule has 32 heavy (non-hydrogen) atoms. The molecule has 0 aliphatic heterocycles. The number of aromatic amines is 1. The summed E-state index contributed by atoms with van der Waals surface area (Å²) in [7, 11) is 1.61. The number of nitrogens with zero attached hydrogens (tertiary/aromatic N) is 1. The van der Waals surface area contributed by atoms with Crippen molar-refractivity contribution in [2.75, 3.05) is 13.7 Å². The molecule has 0 saturated heterocycles. The van der Waals surface area contributed by atoms with E-state index in [1.807, 2.05) is 42.6 Å². The molecular weight excluding hydrogens is 404 g/mol. The third-order valence-electron chi connectivity index (χ3n) is 6.53. The van der Waals surface area contributed by atoms with Gasteiger partial charge in [-0.2, -0.15) is 0 Å². The maximum atomic E-state index is 13.1. The second kappa shape index (κ2) is 9.42. The van der Waals surface area contributed by atoms with Crippen molar-refractivity contribution in [3.63, 3.8) is 0 Å². The Morgan fingerprint density at radius 3 is 2.62 bits per heavy atom. The van der Waals surface area contributed by atoms with Crippen LogP contribution in [0.2, 0.25) is 0 Å². The van der Waals surface area contributed by atoms with Gasteiger partial charge in [0.05, 0.1) is 13.3 Å². The second-order valence-corrected chi connectivity index (χ2v) is 8.49. The summed E-state index contributed by atoms with van der Waals surface area (Å²) in [6.45, 7) is 0.413. The number of carbonyl (C=O) groups is 2. The van der Waals surface area contributed by atoms with E-state index in [1.54, 1.807) is 13.3 Å². The number of para-hydroxylation sites is 1. The molecule has 7 nitrogen and oxygen atoms in total. The van der Waals surface area contributed by atoms with E-state index in [-0.39, 0.29) is 17.8 Å². The monoisotopic (exact) mass is 433 g/mol. The number of methoxy groups -OCH3 is 1. The molecule has 1 radical (unpaired) electrons. The number of rotatable bonds is 8. The number of hydrogen-bond donors (Lipinski definition) is 3. The van der Waals surface area contributed by atoms with Crippen LogP contribution in [0.25, 0.3) is 10.9 Å². The Balaban J connectivity index is 1.51. The highest BCUT2D eigenvalue weighted by molar-refractivity contribution is 6.14. The van der Waals surface area contributed by atoms with E-state index in [2.05, 4.69) is 15.3 Å². The molecule has 1 aromatic carbocycles. The van der Waals surface area contributed by atoms with Crippen molar-refractivity contribution >= 4 is 22.7 Å². The molecule has 0 bridgehead atoms. The number of nitrogens with two attached hydrogens (primary N) is 1. The van der Waals surface area contributed by atoms with E-state index >= 15 is 0 Å². The first-order chi connectivity index (χ1) is 15.5. The third-order valence-corrected chi connectivity index (χ3v) is 6.53. The average Bonchev–Trinajstić information content (AvgIpc) is 3.24. The number of hydrogen-bond acceptors (Lipinski definition) is 4. The topological polar surface area (TPSA) is 110 Å². The standard InChI is InChI=1S/C25H29N4O3/c1-32-18-9-10-22(28-15-18)25(11-5-2-6-12-25)16-29-24(31)20(23(26)30)13-17-14-27-21-8-4-3-7-19(17)21/h3-4,7-10,14-15,27H,2,5-6,11-13,16H2,1H3,(H2,26,30)(H,29,31). The summed E-state index contributed by atoms with van der Waals surface area (Å²) in [6.07, 6.45) is 8.90. The van der Waals surface area contributed by atoms with Crippen molar-refractivity contribution in [1.82, 2.24) is 15.3 Å². The number of fused-ring (bicyclic) bond motifs is 1. The summed E-state index contributed by atoms with van der Waals surface area (Å²) >= 11 is 0.